The van der Waals surface area contributed by atoms with Gasteiger partial charge in [-0.1, -0.05) is 69.7 Å². The summed E-state index contributed by atoms with van der Waals surface area (Å²) in [6.07, 6.45) is 10.5. The zero-order chi connectivity index (χ0) is 17.0. The van der Waals surface area contributed by atoms with Gasteiger partial charge in [-0.05, 0) is 36.6 Å². The van der Waals surface area contributed by atoms with E-state index in [2.05, 4.69) is 42.6 Å². The number of methoxy groups -OCH3 is 1. The van der Waals surface area contributed by atoms with Gasteiger partial charge in [0.2, 0.25) is 0 Å². The maximum Gasteiger partial charge on any atom is 0.124 e. The quantitative estimate of drug-likeness (QED) is 0.462. The van der Waals surface area contributed by atoms with Crippen LogP contribution in [0.4, 0.5) is 11.4 Å². The number of para-hydroxylation sites is 1. The van der Waals surface area contributed by atoms with Gasteiger partial charge in [0.1, 0.15) is 5.75 Å². The number of anilines is 2. The van der Waals surface area contributed by atoms with Crippen LogP contribution in [-0.4, -0.2) is 7.11 Å². The smallest absolute Gasteiger partial charge is 0.124 e. The van der Waals surface area contributed by atoms with Crippen LogP contribution in [0.15, 0.2) is 48.5 Å². The van der Waals surface area contributed by atoms with Crippen LogP contribution in [0.1, 0.15) is 57.4 Å². The molecule has 2 rings (SSSR count). The van der Waals surface area contributed by atoms with E-state index in [1.165, 1.54) is 50.5 Å². The number of nitrogens with one attached hydrogen (secondary N) is 1. The lowest BCUT2D eigenvalue weighted by Gasteiger charge is -2.12. The Morgan fingerprint density at radius 1 is 0.792 bits per heavy atom. The third kappa shape index (κ3) is 6.27. The second-order valence-electron chi connectivity index (χ2n) is 6.39. The molecule has 0 spiro atoms. The second kappa shape index (κ2) is 10.7. The van der Waals surface area contributed by atoms with E-state index in [9.17, 15) is 0 Å². The van der Waals surface area contributed by atoms with Crippen molar-refractivity contribution in [3.63, 3.8) is 0 Å². The minimum absolute atomic E-state index is 0.988. The molecule has 0 unspecified atom stereocenters. The molecule has 0 saturated carbocycles. The highest BCUT2D eigenvalue weighted by Crippen LogP contribution is 2.27. The van der Waals surface area contributed by atoms with E-state index in [-0.39, 0.29) is 0 Å². The molecule has 0 heterocycles. The molecule has 0 fully saturated rings. The highest BCUT2D eigenvalue weighted by molar-refractivity contribution is 5.62. The Hall–Kier alpha value is -1.96. The lowest BCUT2D eigenvalue weighted by Crippen LogP contribution is -1.96. The van der Waals surface area contributed by atoms with E-state index in [0.717, 1.165) is 23.5 Å². The van der Waals surface area contributed by atoms with Crippen LogP contribution in [0.25, 0.3) is 0 Å². The summed E-state index contributed by atoms with van der Waals surface area (Å²) in [7, 11) is 1.76. The number of hydrogen-bond donors (Lipinski definition) is 1. The Labute approximate surface area is 147 Å². The molecule has 130 valence electrons. The molecule has 0 aliphatic heterocycles. The summed E-state index contributed by atoms with van der Waals surface area (Å²) in [5, 5.41) is 3.42. The maximum atomic E-state index is 5.59. The zero-order valence-electron chi connectivity index (χ0n) is 15.2. The van der Waals surface area contributed by atoms with Crippen molar-refractivity contribution >= 4 is 11.4 Å². The molecule has 0 aliphatic carbocycles. The molecule has 0 atom stereocenters. The largest absolute Gasteiger partial charge is 0.496 e. The summed E-state index contributed by atoms with van der Waals surface area (Å²) in [4.78, 5) is 0. The first-order valence-electron chi connectivity index (χ1n) is 9.32. The van der Waals surface area contributed by atoms with Gasteiger partial charge in [0.05, 0.1) is 7.11 Å². The fourth-order valence-electron chi connectivity index (χ4n) is 2.99. The highest BCUT2D eigenvalue weighted by atomic mass is 16.5. The molecule has 0 aromatic heterocycles. The number of hydrogen-bond acceptors (Lipinski definition) is 2. The van der Waals surface area contributed by atoms with Crippen molar-refractivity contribution in [1.29, 1.82) is 0 Å². The minimum Gasteiger partial charge on any atom is -0.496 e. The second-order valence-corrected chi connectivity index (χ2v) is 6.39. The van der Waals surface area contributed by atoms with Crippen molar-refractivity contribution in [2.75, 3.05) is 12.4 Å². The van der Waals surface area contributed by atoms with Gasteiger partial charge in [0.15, 0.2) is 0 Å². The van der Waals surface area contributed by atoms with Crippen molar-refractivity contribution < 1.29 is 4.74 Å². The third-order valence-corrected chi connectivity index (χ3v) is 4.40. The summed E-state index contributed by atoms with van der Waals surface area (Å²) in [6.45, 7) is 2.27. The van der Waals surface area contributed by atoms with Gasteiger partial charge in [-0.2, -0.15) is 0 Å². The van der Waals surface area contributed by atoms with Crippen molar-refractivity contribution in [3.05, 3.63) is 54.1 Å². The molecule has 0 bridgehead atoms. The fourth-order valence-corrected chi connectivity index (χ4v) is 2.99. The average molecular weight is 325 g/mol. The van der Waals surface area contributed by atoms with Crippen LogP contribution in [0, 0.1) is 0 Å². The SMILES string of the molecule is CCCCCCCCCc1ccc(Nc2ccccc2)cc1OC. The lowest BCUT2D eigenvalue weighted by molar-refractivity contribution is 0.409. The molecule has 1 N–H and O–H groups in total. The lowest BCUT2D eigenvalue weighted by atomic mass is 10.0. The van der Waals surface area contributed by atoms with Crippen LogP contribution in [0.5, 0.6) is 5.75 Å². The molecule has 2 heteroatoms. The van der Waals surface area contributed by atoms with Gasteiger partial charge in [-0.15, -0.1) is 0 Å². The molecule has 0 radical (unpaired) electrons. The van der Waals surface area contributed by atoms with Crippen LogP contribution < -0.4 is 10.1 Å². The van der Waals surface area contributed by atoms with Crippen molar-refractivity contribution in [2.24, 2.45) is 0 Å². The molecule has 24 heavy (non-hydrogen) atoms. The molecule has 0 aliphatic rings. The molecule has 2 aromatic rings. The summed E-state index contributed by atoms with van der Waals surface area (Å²) in [6, 6.07) is 16.7. The number of unbranched alkanes of at least 4 members (excludes halogenated alkanes) is 6. The first kappa shape index (κ1) is 18.4. The number of ether oxygens (including phenoxy) is 1. The molecule has 0 amide bonds. The van der Waals surface area contributed by atoms with E-state index in [1.54, 1.807) is 7.11 Å². The zero-order valence-corrected chi connectivity index (χ0v) is 15.2. The monoisotopic (exact) mass is 325 g/mol. The number of aryl methyl sites for hydroxylation is 1. The highest BCUT2D eigenvalue weighted by Gasteiger charge is 2.05. The Balaban J connectivity index is 1.83. The minimum atomic E-state index is 0.988. The third-order valence-electron chi connectivity index (χ3n) is 4.40. The van der Waals surface area contributed by atoms with Crippen LogP contribution in [0.2, 0.25) is 0 Å². The topological polar surface area (TPSA) is 21.3 Å². The Kier molecular flexibility index (Phi) is 8.23. The van der Waals surface area contributed by atoms with Gasteiger partial charge in [-0.25, -0.2) is 0 Å². The van der Waals surface area contributed by atoms with E-state index in [1.807, 2.05) is 18.2 Å². The first-order chi connectivity index (χ1) is 11.8. The van der Waals surface area contributed by atoms with Crippen molar-refractivity contribution in [1.82, 2.24) is 0 Å². The van der Waals surface area contributed by atoms with Crippen LogP contribution >= 0.6 is 0 Å². The Morgan fingerprint density at radius 2 is 1.50 bits per heavy atom. The van der Waals surface area contributed by atoms with Gasteiger partial charge in [0.25, 0.3) is 0 Å². The van der Waals surface area contributed by atoms with Gasteiger partial charge in [0, 0.05) is 17.4 Å². The molecule has 2 aromatic carbocycles. The van der Waals surface area contributed by atoms with Crippen LogP contribution in [-0.2, 0) is 6.42 Å². The maximum absolute atomic E-state index is 5.59. The predicted molar refractivity (Wildman–Crippen MR) is 104 cm³/mol. The average Bonchev–Trinajstić information content (AvgIpc) is 2.62. The van der Waals surface area contributed by atoms with Crippen molar-refractivity contribution in [3.8, 4) is 5.75 Å². The molecular weight excluding hydrogens is 294 g/mol. The Morgan fingerprint density at radius 3 is 2.21 bits per heavy atom. The summed E-state index contributed by atoms with van der Waals surface area (Å²) >= 11 is 0. The fraction of sp³-hybridized carbons (Fsp3) is 0.455. The summed E-state index contributed by atoms with van der Waals surface area (Å²) in [5.41, 5.74) is 3.48. The number of benzene rings is 2. The normalized spacial score (nSPS) is 10.6. The molecule has 0 saturated heterocycles. The standard InChI is InChI=1S/C22H31NO/c1-3-4-5-6-7-8-10-13-19-16-17-21(18-22(19)24-2)23-20-14-11-9-12-15-20/h9,11-12,14-18,23H,3-8,10,13H2,1-2H3. The summed E-state index contributed by atoms with van der Waals surface area (Å²) in [5.74, 6) is 0.988. The van der Waals surface area contributed by atoms with E-state index >= 15 is 0 Å². The van der Waals surface area contributed by atoms with Gasteiger partial charge in [-0.3, -0.25) is 0 Å². The van der Waals surface area contributed by atoms with E-state index < -0.39 is 0 Å². The van der Waals surface area contributed by atoms with E-state index in [0.29, 0.717) is 0 Å². The van der Waals surface area contributed by atoms with Crippen LogP contribution in [0.3, 0.4) is 0 Å². The first-order valence-corrected chi connectivity index (χ1v) is 9.32. The molecule has 2 nitrogen and oxygen atoms in total. The number of rotatable bonds is 11. The van der Waals surface area contributed by atoms with Crippen molar-refractivity contribution in [2.45, 2.75) is 58.3 Å². The van der Waals surface area contributed by atoms with Gasteiger partial charge < -0.3 is 10.1 Å². The van der Waals surface area contributed by atoms with Gasteiger partial charge >= 0.3 is 0 Å². The van der Waals surface area contributed by atoms with E-state index in [4.69, 9.17) is 4.74 Å². The summed E-state index contributed by atoms with van der Waals surface area (Å²) < 4.78 is 5.59. The predicted octanol–water partition coefficient (Wildman–Crippen LogP) is 6.73. The Bertz CT molecular complexity index is 580. The molecular formula is C22H31NO.